The van der Waals surface area contributed by atoms with Crippen LogP contribution in [0.4, 0.5) is 4.39 Å². The van der Waals surface area contributed by atoms with Crippen LogP contribution < -0.4 is 0 Å². The average molecular weight is 372 g/mol. The van der Waals surface area contributed by atoms with Crippen LogP contribution in [-0.2, 0) is 20.7 Å². The van der Waals surface area contributed by atoms with E-state index < -0.39 is 0 Å². The third kappa shape index (κ3) is 4.31. The molecule has 2 aliphatic rings. The topological polar surface area (TPSA) is 43.4 Å². The molecule has 0 aliphatic heterocycles. The molecule has 1 unspecified atom stereocenters. The van der Waals surface area contributed by atoms with Gasteiger partial charge in [-0.05, 0) is 80.0 Å². The number of rotatable bonds is 5. The number of carbonyl (C=O) groups excluding carboxylic acids is 2. The van der Waals surface area contributed by atoms with Crippen molar-refractivity contribution in [2.24, 2.45) is 17.8 Å². The van der Waals surface area contributed by atoms with Gasteiger partial charge in [-0.25, -0.2) is 9.18 Å². The lowest BCUT2D eigenvalue weighted by atomic mass is 9.74. The van der Waals surface area contributed by atoms with E-state index in [1.807, 2.05) is 6.92 Å². The number of benzene rings is 1. The van der Waals surface area contributed by atoms with Gasteiger partial charge in [-0.1, -0.05) is 18.6 Å². The molecule has 0 spiro atoms. The van der Waals surface area contributed by atoms with Gasteiger partial charge in [0.2, 0.25) is 0 Å². The van der Waals surface area contributed by atoms with E-state index in [1.165, 1.54) is 13.2 Å². The molecule has 0 saturated heterocycles. The second-order valence-electron chi connectivity index (χ2n) is 8.18. The largest absolute Gasteiger partial charge is 0.465 e. The molecule has 146 valence electrons. The summed E-state index contributed by atoms with van der Waals surface area (Å²) in [6.07, 6.45) is 6.22. The first-order valence-corrected chi connectivity index (χ1v) is 10.00. The molecule has 0 aromatic heterocycles. The Bertz CT molecular complexity index is 755. The van der Waals surface area contributed by atoms with E-state index in [9.17, 15) is 14.0 Å². The highest BCUT2D eigenvalue weighted by atomic mass is 19.1. The van der Waals surface area contributed by atoms with Gasteiger partial charge in [-0.2, -0.15) is 0 Å². The van der Waals surface area contributed by atoms with Crippen LogP contribution in [0.15, 0.2) is 23.8 Å². The number of hydrogen-bond acceptors (Lipinski definition) is 3. The maximum Gasteiger partial charge on any atom is 0.338 e. The molecule has 0 bridgehead atoms. The number of ether oxygens (including phenoxy) is 1. The van der Waals surface area contributed by atoms with Crippen molar-refractivity contribution >= 4 is 17.3 Å². The molecule has 1 fully saturated rings. The highest BCUT2D eigenvalue weighted by Gasteiger charge is 2.30. The van der Waals surface area contributed by atoms with Gasteiger partial charge < -0.3 is 4.74 Å². The first kappa shape index (κ1) is 19.8. The molecule has 2 aliphatic carbocycles. The van der Waals surface area contributed by atoms with Crippen molar-refractivity contribution in [2.75, 3.05) is 7.11 Å². The average Bonchev–Trinajstić information content (AvgIpc) is 2.66. The lowest BCUT2D eigenvalue weighted by Gasteiger charge is -2.31. The zero-order valence-corrected chi connectivity index (χ0v) is 16.5. The molecule has 0 heterocycles. The number of Topliss-reactive ketones (excluding diaryl/α,β-unsaturated/α-hetero) is 1. The number of allylic oxidation sites excluding steroid dienone is 1. The number of halogens is 1. The SMILES string of the molecule is COC(=O)C1=C(C)C(CC[C@H](C)C2CCC(=O)CC2)Cc2cc(F)ccc21. The molecule has 0 radical (unpaired) electrons. The van der Waals surface area contributed by atoms with Crippen molar-refractivity contribution in [2.45, 2.75) is 58.8 Å². The summed E-state index contributed by atoms with van der Waals surface area (Å²) >= 11 is 0. The minimum absolute atomic E-state index is 0.223. The number of carbonyl (C=O) groups is 2. The van der Waals surface area contributed by atoms with Gasteiger partial charge in [0.25, 0.3) is 0 Å². The highest BCUT2D eigenvalue weighted by Crippen LogP contribution is 2.39. The molecule has 1 aromatic carbocycles. The molecular formula is C23H29FO3. The van der Waals surface area contributed by atoms with Crippen LogP contribution in [0.2, 0.25) is 0 Å². The summed E-state index contributed by atoms with van der Waals surface area (Å²) in [5.41, 5.74) is 3.34. The Labute approximate surface area is 161 Å². The summed E-state index contributed by atoms with van der Waals surface area (Å²) in [6.45, 7) is 4.28. The van der Waals surface area contributed by atoms with Crippen molar-refractivity contribution in [1.29, 1.82) is 0 Å². The predicted molar refractivity (Wildman–Crippen MR) is 104 cm³/mol. The first-order valence-electron chi connectivity index (χ1n) is 10.00. The normalized spacial score (nSPS) is 21.8. The molecule has 27 heavy (non-hydrogen) atoms. The minimum atomic E-state index is -0.344. The van der Waals surface area contributed by atoms with Gasteiger partial charge in [0.15, 0.2) is 0 Å². The third-order valence-corrected chi connectivity index (χ3v) is 6.56. The van der Waals surface area contributed by atoms with Crippen molar-refractivity contribution < 1.29 is 18.7 Å². The standard InChI is InChI=1S/C23H29FO3/c1-14(16-6-9-20(25)10-7-16)4-5-17-12-18-13-19(24)8-11-21(18)22(15(17)2)23(26)27-3/h8,11,13-14,16-17H,4-7,9-10,12H2,1-3H3/t14-,17?/m0/s1. The maximum absolute atomic E-state index is 13.8. The first-order chi connectivity index (χ1) is 12.9. The summed E-state index contributed by atoms with van der Waals surface area (Å²) in [7, 11) is 1.39. The number of methoxy groups -OCH3 is 1. The summed E-state index contributed by atoms with van der Waals surface area (Å²) in [5, 5.41) is 0. The van der Waals surface area contributed by atoms with Crippen LogP contribution in [0, 0.1) is 23.6 Å². The third-order valence-electron chi connectivity index (χ3n) is 6.56. The van der Waals surface area contributed by atoms with E-state index in [2.05, 4.69) is 6.92 Å². The molecule has 3 rings (SSSR count). The maximum atomic E-state index is 13.8. The molecule has 1 saturated carbocycles. The minimum Gasteiger partial charge on any atom is -0.465 e. The summed E-state index contributed by atoms with van der Waals surface area (Å²) < 4.78 is 18.8. The quantitative estimate of drug-likeness (QED) is 0.674. The van der Waals surface area contributed by atoms with Crippen LogP contribution in [0.25, 0.3) is 5.57 Å². The zero-order chi connectivity index (χ0) is 19.6. The van der Waals surface area contributed by atoms with Crippen LogP contribution in [0.5, 0.6) is 0 Å². The Morgan fingerprint density at radius 2 is 2.00 bits per heavy atom. The predicted octanol–water partition coefficient (Wildman–Crippen LogP) is 5.12. The van der Waals surface area contributed by atoms with Gasteiger partial charge in [0.1, 0.15) is 11.6 Å². The lowest BCUT2D eigenvalue weighted by molar-refractivity contribution is -0.133. The van der Waals surface area contributed by atoms with Crippen LogP contribution in [0.3, 0.4) is 0 Å². The number of fused-ring (bicyclic) bond motifs is 1. The van der Waals surface area contributed by atoms with E-state index in [1.54, 1.807) is 12.1 Å². The van der Waals surface area contributed by atoms with E-state index in [-0.39, 0.29) is 17.7 Å². The smallest absolute Gasteiger partial charge is 0.338 e. The Balaban J connectivity index is 1.75. The Kier molecular flexibility index (Phi) is 6.13. The van der Waals surface area contributed by atoms with E-state index in [0.29, 0.717) is 23.2 Å². The van der Waals surface area contributed by atoms with Crippen molar-refractivity contribution in [3.05, 3.63) is 40.7 Å². The molecule has 0 amide bonds. The van der Waals surface area contributed by atoms with Gasteiger partial charge in [0.05, 0.1) is 12.7 Å². The number of ketones is 1. The molecule has 3 nitrogen and oxygen atoms in total. The number of hydrogen-bond donors (Lipinski definition) is 0. The second-order valence-corrected chi connectivity index (χ2v) is 8.18. The fraction of sp³-hybridized carbons (Fsp3) is 0.565. The molecule has 2 atom stereocenters. The van der Waals surface area contributed by atoms with E-state index in [0.717, 1.165) is 61.6 Å². The van der Waals surface area contributed by atoms with E-state index >= 15 is 0 Å². The molecular weight excluding hydrogens is 343 g/mol. The van der Waals surface area contributed by atoms with Gasteiger partial charge in [-0.15, -0.1) is 0 Å². The zero-order valence-electron chi connectivity index (χ0n) is 16.5. The molecule has 4 heteroatoms. The fourth-order valence-corrected chi connectivity index (χ4v) is 4.73. The molecule has 1 aromatic rings. The van der Waals surface area contributed by atoms with Crippen molar-refractivity contribution in [3.8, 4) is 0 Å². The summed E-state index contributed by atoms with van der Waals surface area (Å²) in [4.78, 5) is 23.9. The van der Waals surface area contributed by atoms with Gasteiger partial charge in [0, 0.05) is 12.8 Å². The Morgan fingerprint density at radius 3 is 2.67 bits per heavy atom. The highest BCUT2D eigenvalue weighted by molar-refractivity contribution is 6.18. The second kappa shape index (κ2) is 8.37. The van der Waals surface area contributed by atoms with E-state index in [4.69, 9.17) is 4.74 Å². The van der Waals surface area contributed by atoms with Crippen LogP contribution >= 0.6 is 0 Å². The Morgan fingerprint density at radius 1 is 1.30 bits per heavy atom. The molecule has 0 N–H and O–H groups in total. The van der Waals surface area contributed by atoms with Crippen LogP contribution in [0.1, 0.15) is 63.5 Å². The van der Waals surface area contributed by atoms with Gasteiger partial charge >= 0.3 is 5.97 Å². The fourth-order valence-electron chi connectivity index (χ4n) is 4.73. The summed E-state index contributed by atoms with van der Waals surface area (Å²) in [6, 6.07) is 4.65. The Hall–Kier alpha value is -1.97. The lowest BCUT2D eigenvalue weighted by Crippen LogP contribution is -2.23. The van der Waals surface area contributed by atoms with Crippen molar-refractivity contribution in [1.82, 2.24) is 0 Å². The number of esters is 1. The van der Waals surface area contributed by atoms with Gasteiger partial charge in [-0.3, -0.25) is 4.79 Å². The van der Waals surface area contributed by atoms with Crippen molar-refractivity contribution in [3.63, 3.8) is 0 Å². The summed E-state index contributed by atoms with van der Waals surface area (Å²) in [5.74, 6) is 1.18. The van der Waals surface area contributed by atoms with Crippen LogP contribution in [-0.4, -0.2) is 18.9 Å². The monoisotopic (exact) mass is 372 g/mol.